The van der Waals surface area contributed by atoms with E-state index >= 15 is 0 Å². The van der Waals surface area contributed by atoms with Crippen LogP contribution in [0.1, 0.15) is 31.5 Å². The average Bonchev–Trinajstić information content (AvgIpc) is 2.77. The van der Waals surface area contributed by atoms with Crippen LogP contribution in [0.5, 0.6) is 0 Å². The normalized spacial score (nSPS) is 12.4. The van der Waals surface area contributed by atoms with Crippen LogP contribution < -0.4 is 5.32 Å². The van der Waals surface area contributed by atoms with Crippen molar-refractivity contribution in [3.63, 3.8) is 0 Å². The molecule has 1 N–H and O–H groups in total. The molecule has 1 aromatic rings. The zero-order valence-corrected chi connectivity index (χ0v) is 9.84. The molecule has 1 heterocycles. The van der Waals surface area contributed by atoms with Gasteiger partial charge < -0.3 is 10.1 Å². The van der Waals surface area contributed by atoms with Gasteiger partial charge in [-0.15, -0.1) is 11.3 Å². The second-order valence-corrected chi connectivity index (χ2v) is 3.99. The first-order valence-electron chi connectivity index (χ1n) is 4.92. The quantitative estimate of drug-likeness (QED) is 0.595. The van der Waals surface area contributed by atoms with Gasteiger partial charge in [0.1, 0.15) is 0 Å². The Morgan fingerprint density at radius 3 is 3.13 bits per heavy atom. The van der Waals surface area contributed by atoms with Crippen molar-refractivity contribution in [3.05, 3.63) is 16.6 Å². The van der Waals surface area contributed by atoms with Gasteiger partial charge in [0, 0.05) is 17.8 Å². The van der Waals surface area contributed by atoms with Crippen molar-refractivity contribution in [2.45, 2.75) is 25.8 Å². The minimum atomic E-state index is -0.155. The van der Waals surface area contributed by atoms with Crippen molar-refractivity contribution in [1.29, 1.82) is 0 Å². The number of rotatable bonds is 6. The number of hydrogen-bond donors (Lipinski definition) is 1. The number of methoxy groups -OCH3 is 1. The Morgan fingerprint density at radius 1 is 1.73 bits per heavy atom. The van der Waals surface area contributed by atoms with Crippen LogP contribution in [-0.4, -0.2) is 24.6 Å². The van der Waals surface area contributed by atoms with Crippen LogP contribution in [0.3, 0.4) is 0 Å². The van der Waals surface area contributed by atoms with E-state index in [1.54, 1.807) is 11.3 Å². The molecule has 0 aliphatic rings. The van der Waals surface area contributed by atoms with E-state index in [9.17, 15) is 4.79 Å². The molecule has 1 unspecified atom stereocenters. The van der Waals surface area contributed by atoms with Gasteiger partial charge in [0.2, 0.25) is 0 Å². The lowest BCUT2D eigenvalue weighted by Crippen LogP contribution is -2.20. The molecular weight excluding hydrogens is 212 g/mol. The summed E-state index contributed by atoms with van der Waals surface area (Å²) in [6.07, 6.45) is 1.26. The minimum absolute atomic E-state index is 0.155. The van der Waals surface area contributed by atoms with E-state index in [1.165, 1.54) is 7.11 Å². The fourth-order valence-electron chi connectivity index (χ4n) is 1.19. The number of nitrogens with one attached hydrogen (secondary N) is 1. The summed E-state index contributed by atoms with van der Waals surface area (Å²) in [6, 6.07) is 0.244. The fraction of sp³-hybridized carbons (Fsp3) is 0.600. The number of aromatic nitrogens is 1. The summed E-state index contributed by atoms with van der Waals surface area (Å²) >= 11 is 1.59. The summed E-state index contributed by atoms with van der Waals surface area (Å²) in [4.78, 5) is 15.0. The molecule has 0 saturated carbocycles. The van der Waals surface area contributed by atoms with Crippen LogP contribution in [0, 0.1) is 0 Å². The maximum atomic E-state index is 10.8. The van der Waals surface area contributed by atoms with Gasteiger partial charge in [-0.1, -0.05) is 0 Å². The molecular formula is C10H16N2O2S. The highest BCUT2D eigenvalue weighted by atomic mass is 32.1. The highest BCUT2D eigenvalue weighted by Gasteiger charge is 2.06. The van der Waals surface area contributed by atoms with Crippen LogP contribution in [-0.2, 0) is 9.53 Å². The van der Waals surface area contributed by atoms with Crippen molar-refractivity contribution in [2.24, 2.45) is 0 Å². The number of nitrogens with zero attached hydrogens (tertiary/aromatic N) is 1. The van der Waals surface area contributed by atoms with Crippen molar-refractivity contribution < 1.29 is 9.53 Å². The number of carbonyl (C=O) groups is 1. The van der Waals surface area contributed by atoms with E-state index in [4.69, 9.17) is 0 Å². The van der Waals surface area contributed by atoms with E-state index in [0.29, 0.717) is 6.42 Å². The molecule has 84 valence electrons. The summed E-state index contributed by atoms with van der Waals surface area (Å²) in [5, 5.41) is 5.33. The topological polar surface area (TPSA) is 51.2 Å². The second-order valence-electron chi connectivity index (χ2n) is 3.27. The molecule has 0 aromatic carbocycles. The number of esters is 1. The lowest BCUT2D eigenvalue weighted by atomic mass is 10.2. The van der Waals surface area contributed by atoms with Gasteiger partial charge in [0.15, 0.2) is 0 Å². The molecule has 0 fully saturated rings. The molecule has 4 nitrogen and oxygen atoms in total. The third kappa shape index (κ3) is 4.40. The Bertz CT molecular complexity index is 288. The van der Waals surface area contributed by atoms with Crippen LogP contribution in [0.15, 0.2) is 10.9 Å². The monoisotopic (exact) mass is 228 g/mol. The summed E-state index contributed by atoms with van der Waals surface area (Å²) in [6.45, 7) is 2.86. The van der Waals surface area contributed by atoms with Gasteiger partial charge >= 0.3 is 5.97 Å². The highest BCUT2D eigenvalue weighted by molar-refractivity contribution is 7.07. The molecule has 1 aromatic heterocycles. The SMILES string of the molecule is COC(=O)CCCNC(C)c1cscn1. The summed E-state index contributed by atoms with van der Waals surface area (Å²) < 4.78 is 4.55. The Labute approximate surface area is 93.7 Å². The molecule has 0 saturated heterocycles. The smallest absolute Gasteiger partial charge is 0.305 e. The first-order chi connectivity index (χ1) is 7.24. The van der Waals surface area contributed by atoms with E-state index < -0.39 is 0 Å². The Morgan fingerprint density at radius 2 is 2.53 bits per heavy atom. The lowest BCUT2D eigenvalue weighted by molar-refractivity contribution is -0.140. The molecule has 0 aliphatic carbocycles. The predicted octanol–water partition coefficient (Wildman–Crippen LogP) is 1.75. The number of ether oxygens (including phenoxy) is 1. The average molecular weight is 228 g/mol. The van der Waals surface area contributed by atoms with Crippen LogP contribution >= 0.6 is 11.3 Å². The van der Waals surface area contributed by atoms with Gasteiger partial charge in [0.05, 0.1) is 18.3 Å². The summed E-state index contributed by atoms with van der Waals surface area (Å²) in [5.41, 5.74) is 2.88. The summed E-state index contributed by atoms with van der Waals surface area (Å²) in [5.74, 6) is -0.155. The Kier molecular flexibility index (Phi) is 5.28. The van der Waals surface area contributed by atoms with Crippen molar-refractivity contribution in [1.82, 2.24) is 10.3 Å². The molecule has 0 radical (unpaired) electrons. The van der Waals surface area contributed by atoms with Gasteiger partial charge in [-0.25, -0.2) is 4.98 Å². The Balaban J connectivity index is 2.13. The number of carbonyl (C=O) groups excluding carboxylic acids is 1. The maximum absolute atomic E-state index is 10.8. The molecule has 15 heavy (non-hydrogen) atoms. The molecule has 0 bridgehead atoms. The lowest BCUT2D eigenvalue weighted by Gasteiger charge is -2.10. The standard InChI is InChI=1S/C10H16N2O2S/c1-8(9-6-15-7-12-9)11-5-3-4-10(13)14-2/h6-8,11H,3-5H2,1-2H3. The number of thiazole rings is 1. The molecule has 1 rings (SSSR count). The third-order valence-corrected chi connectivity index (χ3v) is 2.74. The highest BCUT2D eigenvalue weighted by Crippen LogP contribution is 2.11. The molecule has 5 heteroatoms. The largest absolute Gasteiger partial charge is 0.469 e. The van der Waals surface area contributed by atoms with Crippen molar-refractivity contribution in [2.75, 3.05) is 13.7 Å². The molecule has 0 amide bonds. The van der Waals surface area contributed by atoms with Crippen molar-refractivity contribution >= 4 is 17.3 Å². The minimum Gasteiger partial charge on any atom is -0.469 e. The predicted molar refractivity (Wildman–Crippen MR) is 59.8 cm³/mol. The van der Waals surface area contributed by atoms with E-state index in [-0.39, 0.29) is 12.0 Å². The van der Waals surface area contributed by atoms with E-state index in [1.807, 2.05) is 10.9 Å². The zero-order valence-electron chi connectivity index (χ0n) is 9.03. The van der Waals surface area contributed by atoms with Gasteiger partial charge in [-0.05, 0) is 19.9 Å². The van der Waals surface area contributed by atoms with Crippen LogP contribution in [0.4, 0.5) is 0 Å². The van der Waals surface area contributed by atoms with Crippen LogP contribution in [0.25, 0.3) is 0 Å². The Hall–Kier alpha value is -0.940. The van der Waals surface area contributed by atoms with Gasteiger partial charge in [-0.2, -0.15) is 0 Å². The van der Waals surface area contributed by atoms with Crippen molar-refractivity contribution in [3.8, 4) is 0 Å². The van der Waals surface area contributed by atoms with E-state index in [2.05, 4.69) is 22.0 Å². The molecule has 1 atom stereocenters. The molecule has 0 spiro atoms. The number of hydrogen-bond acceptors (Lipinski definition) is 5. The maximum Gasteiger partial charge on any atom is 0.305 e. The fourth-order valence-corrected chi connectivity index (χ4v) is 1.84. The molecule has 0 aliphatic heterocycles. The van der Waals surface area contributed by atoms with Gasteiger partial charge in [0.25, 0.3) is 0 Å². The van der Waals surface area contributed by atoms with E-state index in [0.717, 1.165) is 18.7 Å². The second kappa shape index (κ2) is 6.53. The third-order valence-electron chi connectivity index (χ3n) is 2.13. The first kappa shape index (κ1) is 12.1. The van der Waals surface area contributed by atoms with Gasteiger partial charge in [-0.3, -0.25) is 4.79 Å². The summed E-state index contributed by atoms with van der Waals surface area (Å²) in [7, 11) is 1.41. The van der Waals surface area contributed by atoms with Crippen LogP contribution in [0.2, 0.25) is 0 Å². The zero-order chi connectivity index (χ0) is 11.1. The first-order valence-corrected chi connectivity index (χ1v) is 5.86.